The largest absolute Gasteiger partial charge is 0.383 e. The van der Waals surface area contributed by atoms with E-state index >= 15 is 0 Å². The number of Topliss-reactive ketones (excluding diaryl/α,β-unsaturated/α-hetero) is 1. The van der Waals surface area contributed by atoms with Crippen LogP contribution in [0.3, 0.4) is 0 Å². The molecule has 0 N–H and O–H groups in total. The fourth-order valence-electron chi connectivity index (χ4n) is 4.16. The molecule has 0 aromatic heterocycles. The summed E-state index contributed by atoms with van der Waals surface area (Å²) in [7, 11) is 1.73. The number of carbonyl (C=O) groups excluding carboxylic acids is 1. The minimum atomic E-state index is 0.139. The molecular formula is C29H41NO2. The van der Waals surface area contributed by atoms with Crippen LogP contribution in [0.5, 0.6) is 0 Å². The standard InChI is InChI=1S/C29H41NO2/c1-5-7-8-9-10-11-12-13-15-26(14-6-2)29(31)23-25-16-17-28-24(3)30(20-21-32-4)19-18-27(28)22-25/h6,13-17,22H,2-3,5,7-12,18-21,23H2,1,4H3/b15-13-,26-14+. The molecule has 0 unspecified atom stereocenters. The molecule has 0 atom stereocenters. The number of hydrogen-bond donors (Lipinski definition) is 0. The number of unbranched alkanes of at least 4 members (excludes halogenated alkanes) is 6. The number of rotatable bonds is 15. The number of fused-ring (bicyclic) bond motifs is 1. The summed E-state index contributed by atoms with van der Waals surface area (Å²) in [6.45, 7) is 12.8. The Balaban J connectivity index is 1.92. The van der Waals surface area contributed by atoms with Gasteiger partial charge in [0.1, 0.15) is 0 Å². The van der Waals surface area contributed by atoms with E-state index in [4.69, 9.17) is 4.74 Å². The monoisotopic (exact) mass is 435 g/mol. The van der Waals surface area contributed by atoms with Crippen molar-refractivity contribution in [1.29, 1.82) is 0 Å². The number of carbonyl (C=O) groups is 1. The van der Waals surface area contributed by atoms with Gasteiger partial charge in [0.2, 0.25) is 0 Å². The van der Waals surface area contributed by atoms with Crippen LogP contribution in [0.1, 0.15) is 68.6 Å². The third-order valence-corrected chi connectivity index (χ3v) is 6.08. The highest BCUT2D eigenvalue weighted by molar-refractivity contribution is 5.99. The average Bonchev–Trinajstić information content (AvgIpc) is 2.79. The first-order valence-electron chi connectivity index (χ1n) is 12.2. The minimum absolute atomic E-state index is 0.139. The van der Waals surface area contributed by atoms with Gasteiger partial charge >= 0.3 is 0 Å². The fourth-order valence-corrected chi connectivity index (χ4v) is 4.16. The van der Waals surface area contributed by atoms with E-state index in [-0.39, 0.29) is 5.78 Å². The number of ketones is 1. The number of nitrogens with zero attached hydrogens (tertiary/aromatic N) is 1. The zero-order chi connectivity index (χ0) is 23.2. The smallest absolute Gasteiger partial charge is 0.167 e. The molecule has 3 nitrogen and oxygen atoms in total. The highest BCUT2D eigenvalue weighted by atomic mass is 16.5. The van der Waals surface area contributed by atoms with E-state index in [0.717, 1.165) is 42.8 Å². The molecule has 1 heterocycles. The maximum atomic E-state index is 12.9. The quantitative estimate of drug-likeness (QED) is 0.175. The van der Waals surface area contributed by atoms with E-state index in [1.807, 2.05) is 12.2 Å². The van der Waals surface area contributed by atoms with Crippen LogP contribution in [0.2, 0.25) is 0 Å². The Morgan fingerprint density at radius 2 is 1.97 bits per heavy atom. The van der Waals surface area contributed by atoms with Crippen LogP contribution in [0.15, 0.2) is 61.2 Å². The van der Waals surface area contributed by atoms with Crippen molar-refractivity contribution < 1.29 is 9.53 Å². The van der Waals surface area contributed by atoms with Crippen molar-refractivity contribution in [3.05, 3.63) is 77.9 Å². The predicted molar refractivity (Wildman–Crippen MR) is 137 cm³/mol. The van der Waals surface area contributed by atoms with Crippen LogP contribution in [-0.2, 0) is 22.4 Å². The fraction of sp³-hybridized carbons (Fsp3) is 0.483. The predicted octanol–water partition coefficient (Wildman–Crippen LogP) is 6.69. The lowest BCUT2D eigenvalue weighted by atomic mass is 9.92. The van der Waals surface area contributed by atoms with E-state index < -0.39 is 0 Å². The van der Waals surface area contributed by atoms with E-state index in [1.165, 1.54) is 49.7 Å². The zero-order valence-electron chi connectivity index (χ0n) is 20.2. The van der Waals surface area contributed by atoms with E-state index in [1.54, 1.807) is 13.2 Å². The molecule has 0 radical (unpaired) electrons. The highest BCUT2D eigenvalue weighted by Gasteiger charge is 2.20. The Bertz CT molecular complexity index is 818. The van der Waals surface area contributed by atoms with Gasteiger partial charge in [-0.3, -0.25) is 4.79 Å². The van der Waals surface area contributed by atoms with Crippen LogP contribution >= 0.6 is 0 Å². The molecule has 0 spiro atoms. The van der Waals surface area contributed by atoms with Crippen molar-refractivity contribution in [3.63, 3.8) is 0 Å². The molecule has 3 heteroatoms. The zero-order valence-corrected chi connectivity index (χ0v) is 20.2. The van der Waals surface area contributed by atoms with Gasteiger partial charge in [-0.25, -0.2) is 0 Å². The Morgan fingerprint density at radius 3 is 2.72 bits per heavy atom. The normalized spacial score (nSPS) is 14.1. The third-order valence-electron chi connectivity index (χ3n) is 6.08. The summed E-state index contributed by atoms with van der Waals surface area (Å²) in [6, 6.07) is 6.36. The number of ether oxygens (including phenoxy) is 1. The molecule has 1 aromatic carbocycles. The van der Waals surface area contributed by atoms with Crippen molar-refractivity contribution in [2.45, 2.75) is 64.7 Å². The number of methoxy groups -OCH3 is 1. The number of allylic oxidation sites excluding steroid dienone is 5. The summed E-state index contributed by atoms with van der Waals surface area (Å²) < 4.78 is 5.21. The lowest BCUT2D eigenvalue weighted by Crippen LogP contribution is -2.31. The van der Waals surface area contributed by atoms with Crippen molar-refractivity contribution in [1.82, 2.24) is 4.90 Å². The lowest BCUT2D eigenvalue weighted by Gasteiger charge is -2.32. The summed E-state index contributed by atoms with van der Waals surface area (Å²) >= 11 is 0. The summed E-state index contributed by atoms with van der Waals surface area (Å²) in [4.78, 5) is 15.2. The molecule has 2 rings (SSSR count). The van der Waals surface area contributed by atoms with E-state index in [2.05, 4.69) is 49.3 Å². The topological polar surface area (TPSA) is 29.5 Å². The van der Waals surface area contributed by atoms with Crippen molar-refractivity contribution in [2.24, 2.45) is 0 Å². The number of benzene rings is 1. The van der Waals surface area contributed by atoms with Crippen molar-refractivity contribution in [2.75, 3.05) is 26.8 Å². The van der Waals surface area contributed by atoms with Crippen LogP contribution in [0.4, 0.5) is 0 Å². The van der Waals surface area contributed by atoms with Gasteiger partial charge < -0.3 is 9.64 Å². The lowest BCUT2D eigenvalue weighted by molar-refractivity contribution is -0.114. The van der Waals surface area contributed by atoms with Crippen LogP contribution in [-0.4, -0.2) is 37.5 Å². The summed E-state index contributed by atoms with van der Waals surface area (Å²) in [5.41, 5.74) is 5.31. The molecular weight excluding hydrogens is 394 g/mol. The van der Waals surface area contributed by atoms with Gasteiger partial charge in [-0.05, 0) is 30.4 Å². The van der Waals surface area contributed by atoms with Crippen LogP contribution in [0, 0.1) is 0 Å². The average molecular weight is 436 g/mol. The van der Waals surface area contributed by atoms with E-state index in [9.17, 15) is 4.79 Å². The molecule has 0 fully saturated rings. The highest BCUT2D eigenvalue weighted by Crippen LogP contribution is 2.28. The van der Waals surface area contributed by atoms with Gasteiger partial charge in [-0.2, -0.15) is 0 Å². The summed E-state index contributed by atoms with van der Waals surface area (Å²) in [5, 5.41) is 0. The first-order chi connectivity index (χ1) is 15.6. The molecule has 32 heavy (non-hydrogen) atoms. The van der Waals surface area contributed by atoms with Gasteiger partial charge in [0.05, 0.1) is 6.61 Å². The maximum Gasteiger partial charge on any atom is 0.167 e. The number of hydrogen-bond acceptors (Lipinski definition) is 3. The third kappa shape index (κ3) is 8.27. The molecule has 0 saturated heterocycles. The minimum Gasteiger partial charge on any atom is -0.383 e. The van der Waals surface area contributed by atoms with Crippen LogP contribution < -0.4 is 0 Å². The molecule has 1 aliphatic heterocycles. The summed E-state index contributed by atoms with van der Waals surface area (Å²) in [5.74, 6) is 0.139. The first kappa shape index (κ1) is 25.9. The molecule has 174 valence electrons. The Hall–Kier alpha value is -2.39. The van der Waals surface area contributed by atoms with Gasteiger partial charge in [0.25, 0.3) is 0 Å². The van der Waals surface area contributed by atoms with Crippen molar-refractivity contribution >= 4 is 11.5 Å². The van der Waals surface area contributed by atoms with E-state index in [0.29, 0.717) is 13.0 Å². The Labute approximate surface area is 195 Å². The Kier molecular flexibility index (Phi) is 11.8. The van der Waals surface area contributed by atoms with Crippen molar-refractivity contribution in [3.8, 4) is 0 Å². The SMILES string of the molecule is C=C/C=C(\C=C/CCCCCCCC)C(=O)Cc1ccc2c(c1)CCN(CCOC)C2=C. The second-order valence-electron chi connectivity index (χ2n) is 8.58. The molecule has 0 amide bonds. The van der Waals surface area contributed by atoms with Gasteiger partial charge in [0, 0.05) is 43.5 Å². The molecule has 0 saturated carbocycles. The van der Waals surface area contributed by atoms with Gasteiger partial charge in [-0.15, -0.1) is 0 Å². The molecule has 0 bridgehead atoms. The molecule has 0 aliphatic carbocycles. The molecule has 1 aromatic rings. The van der Waals surface area contributed by atoms with Crippen LogP contribution in [0.25, 0.3) is 5.70 Å². The van der Waals surface area contributed by atoms with Gasteiger partial charge in [-0.1, -0.05) is 94.7 Å². The second-order valence-corrected chi connectivity index (χ2v) is 8.58. The Morgan fingerprint density at radius 1 is 1.19 bits per heavy atom. The molecule has 1 aliphatic rings. The second kappa shape index (κ2) is 14.6. The summed E-state index contributed by atoms with van der Waals surface area (Å²) in [6.07, 6.45) is 17.8. The first-order valence-corrected chi connectivity index (χ1v) is 12.2. The van der Waals surface area contributed by atoms with Gasteiger partial charge in [0.15, 0.2) is 5.78 Å². The maximum absolute atomic E-state index is 12.9.